The van der Waals surface area contributed by atoms with Crippen molar-refractivity contribution in [2.75, 3.05) is 38.3 Å². The molecule has 9 nitrogen and oxygen atoms in total. The molecule has 2 heterocycles. The molecule has 1 saturated heterocycles. The number of aromatic nitrogens is 2. The average Bonchev–Trinajstić information content (AvgIpc) is 3.54. The number of alkyl halides is 2. The Hall–Kier alpha value is -1.92. The van der Waals surface area contributed by atoms with E-state index in [9.17, 15) is 23.8 Å². The Bertz CT molecular complexity index is 1390. The number of unbranched alkanes of at least 4 members (excludes halogenated alkanes) is 1. The lowest BCUT2D eigenvalue weighted by Gasteiger charge is -2.58. The van der Waals surface area contributed by atoms with E-state index in [-0.39, 0.29) is 11.9 Å². The normalized spacial score (nSPS) is 37.7. The summed E-state index contributed by atoms with van der Waals surface area (Å²) in [7, 11) is 0. The number of allylic oxidation sites excluding steroid dienone is 1. The Morgan fingerprint density at radius 3 is 2.66 bits per heavy atom. The lowest BCUT2D eigenvalue weighted by molar-refractivity contribution is -0.140. The zero-order valence-electron chi connectivity index (χ0n) is 30.6. The van der Waals surface area contributed by atoms with Gasteiger partial charge in [-0.2, -0.15) is 13.8 Å². The molecule has 11 heteroatoms. The minimum absolute atomic E-state index is 0.215. The number of nitrogens with zero attached hydrogens (tertiary/aromatic N) is 2. The van der Waals surface area contributed by atoms with Crippen LogP contribution in [0.15, 0.2) is 28.7 Å². The predicted octanol–water partition coefficient (Wildman–Crippen LogP) is 6.74. The molecule has 1 aromatic rings. The van der Waals surface area contributed by atoms with Crippen molar-refractivity contribution < 1.29 is 33.2 Å². The number of ether oxygens (including phenoxy) is 3. The van der Waals surface area contributed by atoms with Crippen molar-refractivity contribution in [2.24, 2.45) is 40.4 Å². The molecule has 0 radical (unpaired) electrons. The van der Waals surface area contributed by atoms with Gasteiger partial charge in [-0.1, -0.05) is 58.6 Å². The van der Waals surface area contributed by atoms with Gasteiger partial charge in [-0.15, -0.1) is 0 Å². The second kappa shape index (κ2) is 15.6. The number of aliphatic hydroxyl groups excluding tert-OH is 2. The van der Waals surface area contributed by atoms with Crippen LogP contribution in [0.2, 0.25) is 0 Å². The number of anilines is 1. The van der Waals surface area contributed by atoms with Crippen molar-refractivity contribution in [3.05, 3.63) is 34.4 Å². The number of nitrogens with one attached hydrogen (secondary N) is 1. The summed E-state index contributed by atoms with van der Waals surface area (Å²) < 4.78 is 46.6. The van der Waals surface area contributed by atoms with Crippen LogP contribution in [0.5, 0.6) is 0 Å². The quantitative estimate of drug-likeness (QED) is 0.136. The highest BCUT2D eigenvalue weighted by Crippen LogP contribution is 2.66. The summed E-state index contributed by atoms with van der Waals surface area (Å²) in [6.07, 6.45) is 14.1. The maximum Gasteiger partial charge on any atom is 0.351 e. The van der Waals surface area contributed by atoms with Crippen LogP contribution in [-0.2, 0) is 14.2 Å². The van der Waals surface area contributed by atoms with Crippen LogP contribution in [0.25, 0.3) is 0 Å². The first-order chi connectivity index (χ1) is 23.9. The molecule has 0 bridgehead atoms. The summed E-state index contributed by atoms with van der Waals surface area (Å²) in [5.41, 5.74) is 1.53. The summed E-state index contributed by atoms with van der Waals surface area (Å²) in [5.74, 6) is 0.741. The fraction of sp³-hybridized carbons (Fsp3) is 0.846. The van der Waals surface area contributed by atoms with E-state index in [0.717, 1.165) is 48.6 Å². The van der Waals surface area contributed by atoms with Gasteiger partial charge in [0, 0.05) is 12.7 Å². The zero-order valence-corrected chi connectivity index (χ0v) is 30.6. The Balaban J connectivity index is 0.908. The Morgan fingerprint density at radius 2 is 1.92 bits per heavy atom. The Kier molecular flexibility index (Phi) is 11.8. The lowest BCUT2D eigenvalue weighted by Crippen LogP contribution is -2.50. The molecule has 0 amide bonds. The molecule has 10 atom stereocenters. The van der Waals surface area contributed by atoms with Gasteiger partial charge in [-0.25, -0.2) is 4.79 Å². The molecule has 282 valence electrons. The van der Waals surface area contributed by atoms with Crippen molar-refractivity contribution in [1.82, 2.24) is 9.55 Å². The predicted molar refractivity (Wildman–Crippen MR) is 188 cm³/mol. The van der Waals surface area contributed by atoms with Gasteiger partial charge in [0.25, 0.3) is 0 Å². The number of aliphatic hydroxyl groups is 2. The molecule has 6 rings (SSSR count). The standard InChI is InChI=1S/C39H61F2N3O6/c1-25(2)7-5-6-8-26-10-12-30-29-11-9-27-23-28(13-16-38(27,4)31(29)14-17-37(26,30)3)49-22-21-48-20-18-42-33-15-19-44(36(47)43-33)35-39(40,41)34(46)32(24-45)50-35/h9,15,19,25-26,28-32,34-35,45-46H,5-8,10-14,16-18,20-24H2,1-4H3,(H,42,43,47). The first kappa shape index (κ1) is 37.8. The number of fused-ring (bicyclic) bond motifs is 5. The summed E-state index contributed by atoms with van der Waals surface area (Å²) in [6, 6.07) is 1.38. The van der Waals surface area contributed by atoms with Crippen LogP contribution in [0.1, 0.15) is 111 Å². The zero-order chi connectivity index (χ0) is 35.7. The fourth-order valence-electron chi connectivity index (χ4n) is 10.7. The highest BCUT2D eigenvalue weighted by Gasteiger charge is 2.60. The van der Waals surface area contributed by atoms with E-state index in [1.165, 1.54) is 70.3 Å². The Morgan fingerprint density at radius 1 is 1.10 bits per heavy atom. The minimum Gasteiger partial charge on any atom is -0.394 e. The van der Waals surface area contributed by atoms with Crippen LogP contribution in [0.3, 0.4) is 0 Å². The molecule has 4 aliphatic carbocycles. The molecule has 0 aromatic carbocycles. The van der Waals surface area contributed by atoms with Crippen molar-refractivity contribution in [2.45, 2.75) is 135 Å². The third-order valence-corrected chi connectivity index (χ3v) is 13.6. The smallest absolute Gasteiger partial charge is 0.351 e. The molecule has 1 aliphatic heterocycles. The maximum atomic E-state index is 14.4. The van der Waals surface area contributed by atoms with E-state index in [1.807, 2.05) is 0 Å². The average molecular weight is 706 g/mol. The molecule has 1 aromatic heterocycles. The van der Waals surface area contributed by atoms with Crippen LogP contribution in [0, 0.1) is 40.4 Å². The highest BCUT2D eigenvalue weighted by molar-refractivity contribution is 5.32. The van der Waals surface area contributed by atoms with E-state index < -0.39 is 36.7 Å². The van der Waals surface area contributed by atoms with Crippen LogP contribution in [-0.4, -0.2) is 77.0 Å². The molecular formula is C39H61F2N3O6. The molecule has 10 unspecified atom stereocenters. The van der Waals surface area contributed by atoms with E-state index >= 15 is 0 Å². The summed E-state index contributed by atoms with van der Waals surface area (Å²) in [4.78, 5) is 16.3. The molecule has 4 fully saturated rings. The topological polar surface area (TPSA) is 115 Å². The van der Waals surface area contributed by atoms with Gasteiger partial charge in [0.05, 0.1) is 32.5 Å². The van der Waals surface area contributed by atoms with Crippen LogP contribution < -0.4 is 11.0 Å². The summed E-state index contributed by atoms with van der Waals surface area (Å²) in [5, 5.41) is 21.9. The second-order valence-electron chi connectivity index (χ2n) is 16.9. The number of halogens is 2. The first-order valence-corrected chi connectivity index (χ1v) is 19.4. The highest BCUT2D eigenvalue weighted by atomic mass is 19.3. The third-order valence-electron chi connectivity index (χ3n) is 13.6. The van der Waals surface area contributed by atoms with Gasteiger partial charge < -0.3 is 29.7 Å². The molecule has 5 aliphatic rings. The van der Waals surface area contributed by atoms with E-state index in [4.69, 9.17) is 14.2 Å². The second-order valence-corrected chi connectivity index (χ2v) is 16.9. The monoisotopic (exact) mass is 705 g/mol. The Labute approximate surface area is 296 Å². The summed E-state index contributed by atoms with van der Waals surface area (Å²) >= 11 is 0. The number of hydrogen-bond acceptors (Lipinski definition) is 8. The molecule has 50 heavy (non-hydrogen) atoms. The first-order valence-electron chi connectivity index (χ1n) is 19.4. The van der Waals surface area contributed by atoms with Gasteiger partial charge in [0.1, 0.15) is 11.9 Å². The van der Waals surface area contributed by atoms with Crippen molar-refractivity contribution in [3.63, 3.8) is 0 Å². The largest absolute Gasteiger partial charge is 0.394 e. The van der Waals surface area contributed by atoms with Crippen LogP contribution in [0.4, 0.5) is 14.6 Å². The van der Waals surface area contributed by atoms with Crippen molar-refractivity contribution in [3.8, 4) is 0 Å². The van der Waals surface area contributed by atoms with Gasteiger partial charge in [-0.05, 0) is 104 Å². The molecule has 0 spiro atoms. The van der Waals surface area contributed by atoms with E-state index in [0.29, 0.717) is 41.8 Å². The van der Waals surface area contributed by atoms with E-state index in [2.05, 4.69) is 44.1 Å². The van der Waals surface area contributed by atoms with Crippen molar-refractivity contribution in [1.29, 1.82) is 0 Å². The minimum atomic E-state index is -3.75. The SMILES string of the molecule is CC(C)CCCCC1CCC2C3CC=C4CC(OCCOCCNc5ccn(C6OC(CO)C(O)C6(F)F)c(=O)n5)CCC4(C)C3CCC12C. The van der Waals surface area contributed by atoms with Crippen LogP contribution >= 0.6 is 0 Å². The fourth-order valence-corrected chi connectivity index (χ4v) is 10.7. The van der Waals surface area contributed by atoms with E-state index in [1.54, 1.807) is 5.57 Å². The van der Waals surface area contributed by atoms with Gasteiger partial charge >= 0.3 is 11.6 Å². The molecule has 3 N–H and O–H groups in total. The molecule has 3 saturated carbocycles. The number of hydrogen-bond donors (Lipinski definition) is 3. The van der Waals surface area contributed by atoms with Gasteiger partial charge in [0.15, 0.2) is 6.10 Å². The van der Waals surface area contributed by atoms with Gasteiger partial charge in [0.2, 0.25) is 6.23 Å². The lowest BCUT2D eigenvalue weighted by atomic mass is 9.47. The number of rotatable bonds is 15. The van der Waals surface area contributed by atoms with Gasteiger partial charge in [-0.3, -0.25) is 4.57 Å². The molecular weight excluding hydrogens is 644 g/mol. The van der Waals surface area contributed by atoms with Crippen molar-refractivity contribution >= 4 is 5.82 Å². The maximum absolute atomic E-state index is 14.4. The third kappa shape index (κ3) is 7.45. The summed E-state index contributed by atoms with van der Waals surface area (Å²) in [6.45, 7) is 10.8.